The van der Waals surface area contributed by atoms with Gasteiger partial charge in [0.2, 0.25) is 0 Å². The SMILES string of the molecule is CCCCCCCCCCCCCCCCCCCCCCCC(=O)O[C@H](COC(=O)CCCCCCCCCCCCCCCCCCC)COP(=O)(O)OC[C@@H](O)COP(=O)(O)OC[C@@H](COC(=O)CCCCCCCCCCC(C)C)OC(=O)CCCCCCCCCCCCCCC(C)C. The van der Waals surface area contributed by atoms with E-state index in [9.17, 15) is 43.2 Å². The van der Waals surface area contributed by atoms with E-state index in [4.69, 9.17) is 37.0 Å². The first-order chi connectivity index (χ1) is 50.4. The Labute approximate surface area is 638 Å². The Balaban J connectivity index is 5.24. The van der Waals surface area contributed by atoms with Gasteiger partial charge < -0.3 is 33.8 Å². The van der Waals surface area contributed by atoms with Crippen LogP contribution in [0.3, 0.4) is 0 Å². The van der Waals surface area contributed by atoms with E-state index in [0.29, 0.717) is 25.7 Å². The first-order valence-electron chi connectivity index (χ1n) is 44.0. The molecule has 0 aromatic heterocycles. The summed E-state index contributed by atoms with van der Waals surface area (Å²) in [5, 5.41) is 10.7. The van der Waals surface area contributed by atoms with Gasteiger partial charge in [-0.2, -0.15) is 0 Å². The predicted molar refractivity (Wildman–Crippen MR) is 428 cm³/mol. The molecule has 19 heteroatoms. The highest BCUT2D eigenvalue weighted by atomic mass is 31.2. The van der Waals surface area contributed by atoms with E-state index in [1.807, 2.05) is 0 Å². The van der Waals surface area contributed by atoms with Gasteiger partial charge >= 0.3 is 39.5 Å². The van der Waals surface area contributed by atoms with Crippen LogP contribution in [0, 0.1) is 11.8 Å². The standard InChI is InChI=1S/C85H166O17P2/c1-7-9-11-13-15-17-19-21-23-25-26-27-28-30-32-34-39-43-51-57-63-69-84(89)101-80(73-95-82(87)67-61-55-49-42-38-33-31-29-24-22-20-18-16-14-12-10-8-2)75-99-103(91,92)97-71-79(86)72-98-104(93,94)100-76-81(74-96-83(88)68-62-56-50-46-45-48-54-60-66-78(5)6)102-85(90)70-64-58-52-44-40-36-35-37-41-47-53-59-65-77(3)4/h77-81,86H,7-76H2,1-6H3,(H,91,92)(H,93,94)/t79-,80-,81-/m1/s1. The predicted octanol–water partition coefficient (Wildman–Crippen LogP) is 25.8. The smallest absolute Gasteiger partial charge is 0.462 e. The monoisotopic (exact) mass is 1520 g/mol. The van der Waals surface area contributed by atoms with Gasteiger partial charge in [0, 0.05) is 25.7 Å². The van der Waals surface area contributed by atoms with Crippen LogP contribution in [-0.2, 0) is 65.4 Å². The van der Waals surface area contributed by atoms with Crippen molar-refractivity contribution in [3.63, 3.8) is 0 Å². The molecule has 0 saturated heterocycles. The number of rotatable bonds is 84. The molecule has 2 unspecified atom stereocenters. The summed E-state index contributed by atoms with van der Waals surface area (Å²) in [6.07, 6.45) is 68.1. The third kappa shape index (κ3) is 78.2. The molecule has 0 fully saturated rings. The van der Waals surface area contributed by atoms with Crippen LogP contribution < -0.4 is 0 Å². The number of carbonyl (C=O) groups excluding carboxylic acids is 4. The quantitative estimate of drug-likeness (QED) is 0.0222. The van der Waals surface area contributed by atoms with Crippen LogP contribution in [0.25, 0.3) is 0 Å². The number of unbranched alkanes of at least 4 members (excludes halogenated alkanes) is 54. The minimum absolute atomic E-state index is 0.107. The van der Waals surface area contributed by atoms with E-state index in [1.165, 1.54) is 270 Å². The number of phosphoric ester groups is 2. The van der Waals surface area contributed by atoms with Crippen molar-refractivity contribution in [2.24, 2.45) is 11.8 Å². The number of aliphatic hydroxyl groups is 1. The normalized spacial score (nSPS) is 13.8. The van der Waals surface area contributed by atoms with Crippen LogP contribution in [0.15, 0.2) is 0 Å². The minimum atomic E-state index is -4.97. The lowest BCUT2D eigenvalue weighted by molar-refractivity contribution is -0.161. The summed E-state index contributed by atoms with van der Waals surface area (Å²) < 4.78 is 68.9. The molecule has 0 rings (SSSR count). The van der Waals surface area contributed by atoms with Crippen molar-refractivity contribution < 1.29 is 80.2 Å². The first-order valence-corrected chi connectivity index (χ1v) is 47.0. The molecule has 0 radical (unpaired) electrons. The molecule has 0 amide bonds. The molecular formula is C85H166O17P2. The zero-order chi connectivity index (χ0) is 76.4. The van der Waals surface area contributed by atoms with Gasteiger partial charge in [-0.1, -0.05) is 401 Å². The molecule has 0 saturated carbocycles. The molecule has 17 nitrogen and oxygen atoms in total. The van der Waals surface area contributed by atoms with E-state index in [1.54, 1.807) is 0 Å². The first kappa shape index (κ1) is 102. The lowest BCUT2D eigenvalue weighted by atomic mass is 10.0. The van der Waals surface area contributed by atoms with Gasteiger partial charge in [-0.25, -0.2) is 9.13 Å². The van der Waals surface area contributed by atoms with Crippen LogP contribution in [0.1, 0.15) is 452 Å². The van der Waals surface area contributed by atoms with Crippen LogP contribution in [0.2, 0.25) is 0 Å². The van der Waals surface area contributed by atoms with Crippen molar-refractivity contribution in [3.05, 3.63) is 0 Å². The molecule has 0 spiro atoms. The lowest BCUT2D eigenvalue weighted by Gasteiger charge is -2.21. The van der Waals surface area contributed by atoms with Crippen molar-refractivity contribution in [1.29, 1.82) is 0 Å². The third-order valence-corrected chi connectivity index (χ3v) is 21.9. The fraction of sp³-hybridized carbons (Fsp3) is 0.953. The molecule has 0 aliphatic rings. The number of phosphoric acid groups is 2. The van der Waals surface area contributed by atoms with E-state index in [0.717, 1.165) is 102 Å². The maximum atomic E-state index is 13.1. The molecule has 3 N–H and O–H groups in total. The highest BCUT2D eigenvalue weighted by Gasteiger charge is 2.30. The van der Waals surface area contributed by atoms with Gasteiger partial charge in [-0.15, -0.1) is 0 Å². The molecule has 0 aromatic carbocycles. The van der Waals surface area contributed by atoms with Gasteiger partial charge in [0.1, 0.15) is 19.3 Å². The Bertz CT molecular complexity index is 1990. The fourth-order valence-electron chi connectivity index (χ4n) is 13.2. The van der Waals surface area contributed by atoms with Crippen molar-refractivity contribution in [2.45, 2.75) is 471 Å². The molecule has 0 aliphatic carbocycles. The number of hydrogen-bond donors (Lipinski definition) is 3. The molecule has 104 heavy (non-hydrogen) atoms. The number of ether oxygens (including phenoxy) is 4. The van der Waals surface area contributed by atoms with E-state index >= 15 is 0 Å². The average molecular weight is 1520 g/mol. The van der Waals surface area contributed by atoms with Crippen molar-refractivity contribution >= 4 is 39.5 Å². The average Bonchev–Trinajstić information content (AvgIpc) is 0.909. The van der Waals surface area contributed by atoms with Crippen molar-refractivity contribution in [3.8, 4) is 0 Å². The summed E-state index contributed by atoms with van der Waals surface area (Å²) in [7, 11) is -9.93. The van der Waals surface area contributed by atoms with Gasteiger partial charge in [-0.05, 0) is 37.5 Å². The zero-order valence-corrected chi connectivity index (χ0v) is 70.1. The van der Waals surface area contributed by atoms with E-state index in [2.05, 4.69) is 41.5 Å². The second-order valence-corrected chi connectivity index (χ2v) is 34.4. The summed E-state index contributed by atoms with van der Waals surface area (Å²) in [6.45, 7) is 9.64. The van der Waals surface area contributed by atoms with Crippen molar-refractivity contribution in [1.82, 2.24) is 0 Å². The Morgan fingerprint density at radius 1 is 0.260 bits per heavy atom. The lowest BCUT2D eigenvalue weighted by Crippen LogP contribution is -2.30. The van der Waals surface area contributed by atoms with Crippen LogP contribution >= 0.6 is 15.6 Å². The molecule has 0 heterocycles. The minimum Gasteiger partial charge on any atom is -0.462 e. The molecule has 0 bridgehead atoms. The second-order valence-electron chi connectivity index (χ2n) is 31.5. The molecule has 618 valence electrons. The summed E-state index contributed by atoms with van der Waals surface area (Å²) in [5.41, 5.74) is 0. The number of esters is 4. The summed E-state index contributed by atoms with van der Waals surface area (Å²) in [5.74, 6) is -0.601. The molecule has 0 aromatic rings. The number of aliphatic hydroxyl groups excluding tert-OH is 1. The maximum absolute atomic E-state index is 13.1. The van der Waals surface area contributed by atoms with Crippen molar-refractivity contribution in [2.75, 3.05) is 39.6 Å². The molecular weight excluding hydrogens is 1350 g/mol. The summed E-state index contributed by atoms with van der Waals surface area (Å²) in [6, 6.07) is 0. The van der Waals surface area contributed by atoms with E-state index < -0.39 is 97.5 Å². The Hall–Kier alpha value is -1.94. The van der Waals surface area contributed by atoms with E-state index in [-0.39, 0.29) is 25.7 Å². The van der Waals surface area contributed by atoms with Gasteiger partial charge in [0.05, 0.1) is 26.4 Å². The zero-order valence-electron chi connectivity index (χ0n) is 68.3. The Morgan fingerprint density at radius 3 is 0.654 bits per heavy atom. The topological polar surface area (TPSA) is 237 Å². The Kier molecular flexibility index (Phi) is 75.0. The van der Waals surface area contributed by atoms with Gasteiger partial charge in [0.15, 0.2) is 12.2 Å². The fourth-order valence-corrected chi connectivity index (χ4v) is 14.8. The molecule has 5 atom stereocenters. The maximum Gasteiger partial charge on any atom is 0.472 e. The highest BCUT2D eigenvalue weighted by molar-refractivity contribution is 7.47. The largest absolute Gasteiger partial charge is 0.472 e. The van der Waals surface area contributed by atoms with Crippen LogP contribution in [-0.4, -0.2) is 96.7 Å². The van der Waals surface area contributed by atoms with Crippen LogP contribution in [0.5, 0.6) is 0 Å². The van der Waals surface area contributed by atoms with Gasteiger partial charge in [0.25, 0.3) is 0 Å². The second kappa shape index (κ2) is 76.4. The summed E-state index contributed by atoms with van der Waals surface area (Å²) in [4.78, 5) is 73.2. The van der Waals surface area contributed by atoms with Crippen LogP contribution in [0.4, 0.5) is 0 Å². The number of hydrogen-bond acceptors (Lipinski definition) is 15. The van der Waals surface area contributed by atoms with Gasteiger partial charge in [-0.3, -0.25) is 37.3 Å². The third-order valence-electron chi connectivity index (χ3n) is 20.0. The number of carbonyl (C=O) groups is 4. The summed E-state index contributed by atoms with van der Waals surface area (Å²) >= 11 is 0. The highest BCUT2D eigenvalue weighted by Crippen LogP contribution is 2.45. The Morgan fingerprint density at radius 2 is 0.442 bits per heavy atom. The molecule has 0 aliphatic heterocycles.